The first kappa shape index (κ1) is 16.7. The summed E-state index contributed by atoms with van der Waals surface area (Å²) in [6.07, 6.45) is 0. The number of nitrogens with zero attached hydrogens (tertiary/aromatic N) is 4. The van der Waals surface area contributed by atoms with Gasteiger partial charge < -0.3 is 15.1 Å². The van der Waals surface area contributed by atoms with Crippen LogP contribution in [0.3, 0.4) is 0 Å². The Kier molecular flexibility index (Phi) is 6.20. The van der Waals surface area contributed by atoms with Crippen molar-refractivity contribution in [2.45, 2.75) is 40.7 Å². The average molecular weight is 279 g/mol. The van der Waals surface area contributed by atoms with Gasteiger partial charge in [0.2, 0.25) is 0 Å². The lowest BCUT2D eigenvalue weighted by Crippen LogP contribution is -2.41. The number of nitrogens with one attached hydrogen (secondary N) is 1. The van der Waals surface area contributed by atoms with Crippen molar-refractivity contribution >= 4 is 11.6 Å². The topological polar surface area (TPSA) is 44.3 Å². The highest BCUT2D eigenvalue weighted by atomic mass is 15.3. The fourth-order valence-corrected chi connectivity index (χ4v) is 2.53. The number of rotatable bonds is 7. The Balaban J connectivity index is 3.14. The van der Waals surface area contributed by atoms with E-state index in [1.807, 2.05) is 6.92 Å². The molecule has 20 heavy (non-hydrogen) atoms. The summed E-state index contributed by atoms with van der Waals surface area (Å²) in [6.45, 7) is 13.4. The Hall–Kier alpha value is -1.36. The monoisotopic (exact) mass is 279 g/mol. The van der Waals surface area contributed by atoms with Crippen molar-refractivity contribution in [2.75, 3.05) is 43.9 Å². The molecule has 1 atom stereocenters. The van der Waals surface area contributed by atoms with Crippen LogP contribution < -0.4 is 10.2 Å². The molecule has 0 fully saturated rings. The molecule has 0 bridgehead atoms. The summed E-state index contributed by atoms with van der Waals surface area (Å²) in [5, 5.41) is 3.33. The molecule has 0 aliphatic heterocycles. The van der Waals surface area contributed by atoms with E-state index < -0.39 is 0 Å². The Morgan fingerprint density at radius 1 is 1.15 bits per heavy atom. The zero-order valence-corrected chi connectivity index (χ0v) is 14.0. The number of anilines is 2. The molecule has 0 amide bonds. The van der Waals surface area contributed by atoms with Crippen LogP contribution in [0.2, 0.25) is 0 Å². The van der Waals surface area contributed by atoms with Crippen LogP contribution >= 0.6 is 0 Å². The maximum Gasteiger partial charge on any atom is 0.137 e. The number of hydrogen-bond acceptors (Lipinski definition) is 5. The second kappa shape index (κ2) is 7.43. The number of likely N-dealkylation sites (N-methyl/N-ethyl adjacent to an activating group) is 2. The summed E-state index contributed by atoms with van der Waals surface area (Å²) in [4.78, 5) is 13.7. The molecule has 1 rings (SSSR count). The van der Waals surface area contributed by atoms with Crippen LogP contribution in [-0.4, -0.2) is 54.6 Å². The molecule has 0 aliphatic rings. The molecule has 5 heteroatoms. The SMILES string of the molecule is CCNc1nc(C)nc(N(CC)C(C)CN(C)C)c1C. The molecule has 0 spiro atoms. The molecular weight excluding hydrogens is 250 g/mol. The van der Waals surface area contributed by atoms with Crippen LogP contribution in [0.25, 0.3) is 0 Å². The summed E-state index contributed by atoms with van der Waals surface area (Å²) in [6, 6.07) is 0.414. The third kappa shape index (κ3) is 4.07. The fraction of sp³-hybridized carbons (Fsp3) is 0.733. The molecule has 1 N–H and O–H groups in total. The van der Waals surface area contributed by atoms with Gasteiger partial charge in [0.1, 0.15) is 17.5 Å². The van der Waals surface area contributed by atoms with Crippen molar-refractivity contribution in [1.29, 1.82) is 0 Å². The van der Waals surface area contributed by atoms with E-state index in [1.54, 1.807) is 0 Å². The summed E-state index contributed by atoms with van der Waals surface area (Å²) in [5.74, 6) is 2.81. The van der Waals surface area contributed by atoms with Gasteiger partial charge in [-0.3, -0.25) is 0 Å². The Morgan fingerprint density at radius 3 is 2.30 bits per heavy atom. The average Bonchev–Trinajstić information content (AvgIpc) is 2.35. The van der Waals surface area contributed by atoms with Gasteiger partial charge in [-0.2, -0.15) is 0 Å². The largest absolute Gasteiger partial charge is 0.370 e. The van der Waals surface area contributed by atoms with Crippen LogP contribution in [0, 0.1) is 13.8 Å². The van der Waals surface area contributed by atoms with Gasteiger partial charge in [-0.05, 0) is 48.7 Å². The molecule has 0 saturated heterocycles. The van der Waals surface area contributed by atoms with Gasteiger partial charge in [0.25, 0.3) is 0 Å². The summed E-state index contributed by atoms with van der Waals surface area (Å²) in [5.41, 5.74) is 1.13. The van der Waals surface area contributed by atoms with E-state index in [0.717, 1.165) is 42.7 Å². The van der Waals surface area contributed by atoms with Gasteiger partial charge in [-0.1, -0.05) is 0 Å². The third-order valence-electron chi connectivity index (χ3n) is 3.35. The smallest absolute Gasteiger partial charge is 0.137 e. The first-order valence-electron chi connectivity index (χ1n) is 7.41. The minimum Gasteiger partial charge on any atom is -0.370 e. The summed E-state index contributed by atoms with van der Waals surface area (Å²) >= 11 is 0. The zero-order chi connectivity index (χ0) is 15.3. The quantitative estimate of drug-likeness (QED) is 0.829. The molecule has 1 heterocycles. The van der Waals surface area contributed by atoms with Gasteiger partial charge in [-0.15, -0.1) is 0 Å². The third-order valence-corrected chi connectivity index (χ3v) is 3.35. The summed E-state index contributed by atoms with van der Waals surface area (Å²) < 4.78 is 0. The number of hydrogen-bond donors (Lipinski definition) is 1. The van der Waals surface area contributed by atoms with Crippen LogP contribution in [0.5, 0.6) is 0 Å². The van der Waals surface area contributed by atoms with Crippen LogP contribution in [-0.2, 0) is 0 Å². The van der Waals surface area contributed by atoms with E-state index in [0.29, 0.717) is 6.04 Å². The van der Waals surface area contributed by atoms with Gasteiger partial charge in [0.15, 0.2) is 0 Å². The van der Waals surface area contributed by atoms with Gasteiger partial charge >= 0.3 is 0 Å². The van der Waals surface area contributed by atoms with Crippen LogP contribution in [0.15, 0.2) is 0 Å². The molecule has 1 aromatic rings. The fourth-order valence-electron chi connectivity index (χ4n) is 2.53. The summed E-state index contributed by atoms with van der Waals surface area (Å²) in [7, 11) is 4.21. The molecule has 1 aromatic heterocycles. The Morgan fingerprint density at radius 2 is 1.80 bits per heavy atom. The van der Waals surface area contributed by atoms with E-state index in [4.69, 9.17) is 0 Å². The highest BCUT2D eigenvalue weighted by Gasteiger charge is 2.19. The van der Waals surface area contributed by atoms with E-state index in [2.05, 4.69) is 66.9 Å². The van der Waals surface area contributed by atoms with E-state index >= 15 is 0 Å². The maximum absolute atomic E-state index is 4.67. The Labute approximate surface area is 123 Å². The molecule has 0 radical (unpaired) electrons. The molecular formula is C15H29N5. The van der Waals surface area contributed by atoms with Crippen molar-refractivity contribution in [3.8, 4) is 0 Å². The standard InChI is InChI=1S/C15H29N5/c1-8-16-14-12(4)15(18-13(5)17-14)20(9-2)11(3)10-19(6)7/h11H,8-10H2,1-7H3,(H,16,17,18). The lowest BCUT2D eigenvalue weighted by molar-refractivity contribution is 0.372. The molecule has 0 aliphatic carbocycles. The number of aryl methyl sites for hydroxylation is 1. The van der Waals surface area contributed by atoms with Gasteiger partial charge in [-0.25, -0.2) is 9.97 Å². The van der Waals surface area contributed by atoms with Crippen LogP contribution in [0.1, 0.15) is 32.2 Å². The minimum absolute atomic E-state index is 0.414. The predicted molar refractivity (Wildman–Crippen MR) is 86.7 cm³/mol. The lowest BCUT2D eigenvalue weighted by atomic mass is 10.2. The first-order chi connectivity index (χ1) is 9.40. The number of aromatic nitrogens is 2. The van der Waals surface area contributed by atoms with Gasteiger partial charge in [0.05, 0.1) is 0 Å². The highest BCUT2D eigenvalue weighted by molar-refractivity contribution is 5.59. The Bertz CT molecular complexity index is 431. The highest BCUT2D eigenvalue weighted by Crippen LogP contribution is 2.25. The van der Waals surface area contributed by atoms with E-state index in [-0.39, 0.29) is 0 Å². The minimum atomic E-state index is 0.414. The second-order valence-electron chi connectivity index (χ2n) is 5.50. The van der Waals surface area contributed by atoms with Gasteiger partial charge in [0, 0.05) is 31.2 Å². The van der Waals surface area contributed by atoms with Crippen LogP contribution in [0.4, 0.5) is 11.6 Å². The maximum atomic E-state index is 4.67. The van der Waals surface area contributed by atoms with E-state index in [9.17, 15) is 0 Å². The first-order valence-corrected chi connectivity index (χ1v) is 7.41. The van der Waals surface area contributed by atoms with E-state index in [1.165, 1.54) is 0 Å². The molecule has 1 unspecified atom stereocenters. The van der Waals surface area contributed by atoms with Crippen molar-refractivity contribution in [3.63, 3.8) is 0 Å². The molecule has 114 valence electrons. The normalized spacial score (nSPS) is 12.6. The zero-order valence-electron chi connectivity index (χ0n) is 14.0. The van der Waals surface area contributed by atoms with Crippen molar-refractivity contribution in [3.05, 3.63) is 11.4 Å². The van der Waals surface area contributed by atoms with Crippen molar-refractivity contribution < 1.29 is 0 Å². The molecule has 5 nitrogen and oxygen atoms in total. The van der Waals surface area contributed by atoms with Crippen molar-refractivity contribution in [1.82, 2.24) is 14.9 Å². The second-order valence-corrected chi connectivity index (χ2v) is 5.50. The lowest BCUT2D eigenvalue weighted by Gasteiger charge is -2.32. The predicted octanol–water partition coefficient (Wildman–Crippen LogP) is 2.30. The molecule has 0 aromatic carbocycles. The van der Waals surface area contributed by atoms with Crippen molar-refractivity contribution in [2.24, 2.45) is 0 Å². The molecule has 0 saturated carbocycles.